The van der Waals surface area contributed by atoms with Crippen LogP contribution in [0.5, 0.6) is 11.8 Å². The molecule has 0 fully saturated rings. The molecule has 0 saturated heterocycles. The van der Waals surface area contributed by atoms with E-state index in [2.05, 4.69) is 30.9 Å². The first-order valence-corrected chi connectivity index (χ1v) is 11.1. The third kappa shape index (κ3) is 4.65. The number of pyridine rings is 2. The summed E-state index contributed by atoms with van der Waals surface area (Å²) in [5.74, 6) is 0.673. The van der Waals surface area contributed by atoms with Crippen molar-refractivity contribution in [3.05, 3.63) is 111 Å². The van der Waals surface area contributed by atoms with Crippen molar-refractivity contribution in [3.63, 3.8) is 0 Å². The fourth-order valence-corrected chi connectivity index (χ4v) is 3.75. The first kappa shape index (κ1) is 21.0. The van der Waals surface area contributed by atoms with Crippen molar-refractivity contribution < 1.29 is 9.47 Å². The lowest BCUT2D eigenvalue weighted by Gasteiger charge is -2.13. The number of benzene rings is 2. The second-order valence-corrected chi connectivity index (χ2v) is 8.23. The number of halogens is 1. The van der Waals surface area contributed by atoms with E-state index in [0.29, 0.717) is 35.9 Å². The molecule has 0 saturated carbocycles. The van der Waals surface area contributed by atoms with Gasteiger partial charge in [0.1, 0.15) is 18.9 Å². The van der Waals surface area contributed by atoms with Crippen molar-refractivity contribution in [2.24, 2.45) is 0 Å². The van der Waals surface area contributed by atoms with E-state index in [0.717, 1.165) is 15.6 Å². The van der Waals surface area contributed by atoms with Gasteiger partial charge in [-0.05, 0) is 39.2 Å². The molecule has 3 aromatic heterocycles. The van der Waals surface area contributed by atoms with Crippen LogP contribution >= 0.6 is 15.9 Å². The molecule has 0 spiro atoms. The zero-order chi connectivity index (χ0) is 22.6. The number of hydrogen-bond acceptors (Lipinski definition) is 5. The molecule has 0 radical (unpaired) electrons. The third-order valence-corrected chi connectivity index (χ3v) is 5.43. The van der Waals surface area contributed by atoms with Crippen LogP contribution in [-0.4, -0.2) is 19.5 Å². The molecule has 2 aromatic carbocycles. The standard InChI is InChI=1S/C25H19BrN4O3/c26-19-13-20-23(27-14-19)30(25(31)28-20)21-11-12-22(32-15-17-7-3-1-4-8-17)29-24(21)33-16-18-9-5-2-6-10-18/h1-14H,15-16H2,(H,28,31). The second-order valence-electron chi connectivity index (χ2n) is 7.31. The van der Waals surface area contributed by atoms with Crippen molar-refractivity contribution in [2.45, 2.75) is 13.2 Å². The Hall–Kier alpha value is -3.91. The molecule has 1 N–H and O–H groups in total. The SMILES string of the molecule is O=c1[nH]c2cc(Br)cnc2n1-c1ccc(OCc2ccccc2)nc1OCc1ccccc1. The Morgan fingerprint density at radius 2 is 1.55 bits per heavy atom. The Balaban J connectivity index is 1.52. The molecule has 0 bridgehead atoms. The molecule has 0 aliphatic heterocycles. The summed E-state index contributed by atoms with van der Waals surface area (Å²) in [7, 11) is 0. The molecule has 5 aromatic rings. The van der Waals surface area contributed by atoms with Crippen LogP contribution in [0.3, 0.4) is 0 Å². The van der Waals surface area contributed by atoms with Crippen molar-refractivity contribution in [1.82, 2.24) is 19.5 Å². The highest BCUT2D eigenvalue weighted by molar-refractivity contribution is 9.10. The maximum Gasteiger partial charge on any atom is 0.332 e. The highest BCUT2D eigenvalue weighted by Gasteiger charge is 2.17. The van der Waals surface area contributed by atoms with Gasteiger partial charge >= 0.3 is 5.69 Å². The molecule has 0 atom stereocenters. The van der Waals surface area contributed by atoms with Crippen LogP contribution in [-0.2, 0) is 13.2 Å². The van der Waals surface area contributed by atoms with Crippen LogP contribution in [0.2, 0.25) is 0 Å². The van der Waals surface area contributed by atoms with Gasteiger partial charge < -0.3 is 14.5 Å². The van der Waals surface area contributed by atoms with Crippen LogP contribution < -0.4 is 15.2 Å². The zero-order valence-electron chi connectivity index (χ0n) is 17.4. The molecular formula is C25H19BrN4O3. The van der Waals surface area contributed by atoms with Gasteiger partial charge in [-0.3, -0.25) is 0 Å². The summed E-state index contributed by atoms with van der Waals surface area (Å²) in [4.78, 5) is 24.6. The summed E-state index contributed by atoms with van der Waals surface area (Å²) >= 11 is 3.39. The van der Waals surface area contributed by atoms with Crippen molar-refractivity contribution in [2.75, 3.05) is 0 Å². The number of rotatable bonds is 7. The molecular weight excluding hydrogens is 484 g/mol. The Morgan fingerprint density at radius 3 is 2.24 bits per heavy atom. The molecule has 0 amide bonds. The van der Waals surface area contributed by atoms with Gasteiger partial charge in [0.2, 0.25) is 11.8 Å². The molecule has 0 aliphatic rings. The lowest BCUT2D eigenvalue weighted by molar-refractivity contribution is 0.267. The summed E-state index contributed by atoms with van der Waals surface area (Å²) < 4.78 is 14.2. The minimum atomic E-state index is -0.333. The average Bonchev–Trinajstić information content (AvgIpc) is 3.17. The number of hydrogen-bond donors (Lipinski definition) is 1. The van der Waals surface area contributed by atoms with Gasteiger partial charge in [0.25, 0.3) is 0 Å². The number of imidazole rings is 1. The van der Waals surface area contributed by atoms with Crippen LogP contribution in [0.4, 0.5) is 0 Å². The lowest BCUT2D eigenvalue weighted by Crippen LogP contribution is -2.17. The first-order chi connectivity index (χ1) is 16.2. The number of ether oxygens (including phenoxy) is 2. The summed E-state index contributed by atoms with van der Waals surface area (Å²) in [6.45, 7) is 0.660. The average molecular weight is 503 g/mol. The normalized spacial score (nSPS) is 10.9. The molecule has 8 heteroatoms. The van der Waals surface area contributed by atoms with Gasteiger partial charge in [-0.1, -0.05) is 60.7 Å². The van der Waals surface area contributed by atoms with E-state index in [1.165, 1.54) is 4.57 Å². The van der Waals surface area contributed by atoms with Gasteiger partial charge in [-0.15, -0.1) is 0 Å². The first-order valence-electron chi connectivity index (χ1n) is 10.3. The summed E-state index contributed by atoms with van der Waals surface area (Å²) in [6, 6.07) is 24.9. The Labute approximate surface area is 197 Å². The van der Waals surface area contributed by atoms with Crippen molar-refractivity contribution in [1.29, 1.82) is 0 Å². The molecule has 0 unspecified atom stereocenters. The van der Waals surface area contributed by atoms with Gasteiger partial charge in [0.15, 0.2) is 5.65 Å². The highest BCUT2D eigenvalue weighted by Crippen LogP contribution is 2.27. The number of H-pyrrole nitrogens is 1. The maximum atomic E-state index is 12.8. The Kier molecular flexibility index (Phi) is 5.91. The smallest absolute Gasteiger partial charge is 0.332 e. The molecule has 7 nitrogen and oxygen atoms in total. The van der Waals surface area contributed by atoms with Crippen LogP contribution in [0.15, 0.2) is 94.3 Å². The number of aromatic amines is 1. The quantitative estimate of drug-likeness (QED) is 0.337. The molecule has 33 heavy (non-hydrogen) atoms. The predicted molar refractivity (Wildman–Crippen MR) is 129 cm³/mol. The van der Waals surface area contributed by atoms with E-state index < -0.39 is 0 Å². The monoisotopic (exact) mass is 502 g/mol. The Morgan fingerprint density at radius 1 is 0.879 bits per heavy atom. The van der Waals surface area contributed by atoms with Crippen molar-refractivity contribution >= 4 is 27.1 Å². The molecule has 3 heterocycles. The van der Waals surface area contributed by atoms with Crippen LogP contribution in [0, 0.1) is 0 Å². The Bertz CT molecular complexity index is 1450. The second kappa shape index (κ2) is 9.30. The van der Waals surface area contributed by atoms with E-state index in [-0.39, 0.29) is 11.6 Å². The number of nitrogens with one attached hydrogen (secondary N) is 1. The molecule has 164 valence electrons. The van der Waals surface area contributed by atoms with Crippen LogP contribution in [0.1, 0.15) is 11.1 Å². The third-order valence-electron chi connectivity index (χ3n) is 4.99. The number of fused-ring (bicyclic) bond motifs is 1. The molecule has 0 aliphatic carbocycles. The fourth-order valence-electron chi connectivity index (χ4n) is 3.42. The van der Waals surface area contributed by atoms with Gasteiger partial charge in [-0.2, -0.15) is 4.98 Å². The summed E-state index contributed by atoms with van der Waals surface area (Å²) in [5, 5.41) is 0. The van der Waals surface area contributed by atoms with Gasteiger partial charge in [0, 0.05) is 16.7 Å². The van der Waals surface area contributed by atoms with E-state index >= 15 is 0 Å². The molecule has 5 rings (SSSR count). The van der Waals surface area contributed by atoms with E-state index in [9.17, 15) is 4.79 Å². The lowest BCUT2D eigenvalue weighted by atomic mass is 10.2. The van der Waals surface area contributed by atoms with Crippen molar-refractivity contribution in [3.8, 4) is 17.4 Å². The number of aromatic nitrogens is 4. The van der Waals surface area contributed by atoms with Crippen LogP contribution in [0.25, 0.3) is 16.9 Å². The van der Waals surface area contributed by atoms with Gasteiger partial charge in [-0.25, -0.2) is 14.3 Å². The highest BCUT2D eigenvalue weighted by atomic mass is 79.9. The largest absolute Gasteiger partial charge is 0.473 e. The predicted octanol–water partition coefficient (Wildman–Crippen LogP) is 5.03. The van der Waals surface area contributed by atoms with E-state index in [1.807, 2.05) is 60.7 Å². The number of nitrogens with zero attached hydrogens (tertiary/aromatic N) is 3. The minimum Gasteiger partial charge on any atom is -0.473 e. The topological polar surface area (TPSA) is 82.0 Å². The maximum absolute atomic E-state index is 12.8. The fraction of sp³-hybridized carbons (Fsp3) is 0.0800. The van der Waals surface area contributed by atoms with Gasteiger partial charge in [0.05, 0.1) is 5.52 Å². The van der Waals surface area contributed by atoms with E-state index in [1.54, 1.807) is 24.4 Å². The minimum absolute atomic E-state index is 0.275. The summed E-state index contributed by atoms with van der Waals surface area (Å²) in [6.07, 6.45) is 1.64. The van der Waals surface area contributed by atoms with E-state index in [4.69, 9.17) is 9.47 Å². The zero-order valence-corrected chi connectivity index (χ0v) is 19.0. The summed E-state index contributed by atoms with van der Waals surface area (Å²) in [5.41, 5.74) is 3.23.